The van der Waals surface area contributed by atoms with Crippen molar-refractivity contribution < 1.29 is 13.6 Å². The Morgan fingerprint density at radius 3 is 2.92 bits per heavy atom. The van der Waals surface area contributed by atoms with Gasteiger partial charge >= 0.3 is 0 Å². The molecule has 2 heterocycles. The Kier molecular flexibility index (Phi) is 5.13. The van der Waals surface area contributed by atoms with Gasteiger partial charge in [0.05, 0.1) is 12.1 Å². The summed E-state index contributed by atoms with van der Waals surface area (Å²) >= 11 is 0. The molecule has 1 fully saturated rings. The minimum atomic E-state index is -0.607. The molecular weight excluding hydrogens is 326 g/mol. The minimum absolute atomic E-state index is 0.145. The van der Waals surface area contributed by atoms with Gasteiger partial charge in [0.15, 0.2) is 0 Å². The summed E-state index contributed by atoms with van der Waals surface area (Å²) in [4.78, 5) is 14.0. The lowest BCUT2D eigenvalue weighted by Gasteiger charge is -2.25. The zero-order valence-electron chi connectivity index (χ0n) is 14.4. The second-order valence-electron chi connectivity index (χ2n) is 6.44. The third-order valence-electron chi connectivity index (χ3n) is 4.78. The number of halogens is 2. The van der Waals surface area contributed by atoms with E-state index in [9.17, 15) is 13.6 Å². The molecule has 0 bridgehead atoms. The molecule has 1 aromatic carbocycles. The van der Waals surface area contributed by atoms with Crippen LogP contribution in [-0.4, -0.2) is 40.7 Å². The van der Waals surface area contributed by atoms with E-state index in [1.165, 1.54) is 4.90 Å². The largest absolute Gasteiger partial charge is 0.333 e. The number of hydrogen-bond acceptors (Lipinski definition) is 3. The smallest absolute Gasteiger partial charge is 0.274 e. The molecule has 5 nitrogen and oxygen atoms in total. The average Bonchev–Trinajstić information content (AvgIpc) is 3.13. The first-order chi connectivity index (χ1) is 12.0. The first kappa shape index (κ1) is 17.5. The van der Waals surface area contributed by atoms with Gasteiger partial charge in [-0.2, -0.15) is 5.10 Å². The quantitative estimate of drug-likeness (QED) is 0.924. The summed E-state index contributed by atoms with van der Waals surface area (Å²) in [5.41, 5.74) is 0.448. The molecule has 0 radical (unpaired) electrons. The zero-order valence-corrected chi connectivity index (χ0v) is 14.4. The lowest BCUT2D eigenvalue weighted by Crippen LogP contribution is -2.33. The summed E-state index contributed by atoms with van der Waals surface area (Å²) in [5.74, 6) is -1.38. The van der Waals surface area contributed by atoms with Gasteiger partial charge in [0, 0.05) is 25.4 Å². The molecule has 1 N–H and O–H groups in total. The number of piperidine rings is 1. The maximum atomic E-state index is 14.0. The summed E-state index contributed by atoms with van der Waals surface area (Å²) in [6.45, 7) is 3.50. The van der Waals surface area contributed by atoms with Crippen LogP contribution in [0.5, 0.6) is 0 Å². The number of amides is 1. The van der Waals surface area contributed by atoms with Crippen LogP contribution in [0.4, 0.5) is 8.78 Å². The van der Waals surface area contributed by atoms with Crippen molar-refractivity contribution in [3.63, 3.8) is 0 Å². The van der Waals surface area contributed by atoms with Crippen LogP contribution in [0.1, 0.15) is 47.9 Å². The third kappa shape index (κ3) is 3.71. The highest BCUT2D eigenvalue weighted by Crippen LogP contribution is 2.24. The van der Waals surface area contributed by atoms with Crippen LogP contribution in [0, 0.1) is 11.6 Å². The summed E-state index contributed by atoms with van der Waals surface area (Å²) in [6.07, 6.45) is 3.89. The fourth-order valence-corrected chi connectivity index (χ4v) is 3.11. The number of rotatable bonds is 4. The number of nitrogens with zero attached hydrogens (tertiary/aromatic N) is 3. The van der Waals surface area contributed by atoms with Gasteiger partial charge in [-0.15, -0.1) is 0 Å². The first-order valence-corrected chi connectivity index (χ1v) is 8.45. The topological polar surface area (TPSA) is 50.2 Å². The maximum Gasteiger partial charge on any atom is 0.274 e. The Labute approximate surface area is 145 Å². The fraction of sp³-hybridized carbons (Fsp3) is 0.444. The molecule has 134 valence electrons. The number of carbonyl (C=O) groups is 1. The van der Waals surface area contributed by atoms with Crippen LogP contribution in [0.3, 0.4) is 0 Å². The van der Waals surface area contributed by atoms with Crippen LogP contribution in [-0.2, 0) is 0 Å². The van der Waals surface area contributed by atoms with Crippen molar-refractivity contribution in [2.24, 2.45) is 0 Å². The predicted octanol–water partition coefficient (Wildman–Crippen LogP) is 2.92. The SMILES string of the molecule is CC(c1cc(F)ccc1F)N(C)C(=O)c1ccn(C2CCCNC2)n1. The highest BCUT2D eigenvalue weighted by Gasteiger charge is 2.24. The van der Waals surface area contributed by atoms with Crippen molar-refractivity contribution in [2.75, 3.05) is 20.1 Å². The predicted molar refractivity (Wildman–Crippen MR) is 90.2 cm³/mol. The zero-order chi connectivity index (χ0) is 18.0. The standard InChI is InChI=1S/C18H22F2N4O/c1-12(15-10-13(19)5-6-16(15)20)23(2)18(25)17-7-9-24(22-17)14-4-3-8-21-11-14/h5-7,9-10,12,14,21H,3-4,8,11H2,1-2H3. The van der Waals surface area contributed by atoms with Gasteiger partial charge in [0.2, 0.25) is 0 Å². The summed E-state index contributed by atoms with van der Waals surface area (Å²) in [6, 6.07) is 4.55. The molecule has 0 aliphatic carbocycles. The highest BCUT2D eigenvalue weighted by molar-refractivity contribution is 5.92. The normalized spacial score (nSPS) is 18.8. The van der Waals surface area contributed by atoms with Crippen molar-refractivity contribution in [3.8, 4) is 0 Å². The van der Waals surface area contributed by atoms with Crippen LogP contribution in [0.2, 0.25) is 0 Å². The van der Waals surface area contributed by atoms with Gasteiger partial charge in [0.1, 0.15) is 17.3 Å². The number of carbonyl (C=O) groups excluding carboxylic acids is 1. The van der Waals surface area contributed by atoms with E-state index in [2.05, 4.69) is 10.4 Å². The first-order valence-electron chi connectivity index (χ1n) is 8.45. The monoisotopic (exact) mass is 348 g/mol. The van der Waals surface area contributed by atoms with Gasteiger partial charge in [-0.3, -0.25) is 9.48 Å². The average molecular weight is 348 g/mol. The summed E-state index contributed by atoms with van der Waals surface area (Å²) < 4.78 is 29.2. The van der Waals surface area contributed by atoms with Gasteiger partial charge in [-0.1, -0.05) is 0 Å². The van der Waals surface area contributed by atoms with Gasteiger partial charge in [0.25, 0.3) is 5.91 Å². The van der Waals surface area contributed by atoms with E-state index in [0.29, 0.717) is 5.69 Å². The van der Waals surface area contributed by atoms with Crippen molar-refractivity contribution in [1.29, 1.82) is 0 Å². The van der Waals surface area contributed by atoms with Gasteiger partial charge in [-0.25, -0.2) is 8.78 Å². The third-order valence-corrected chi connectivity index (χ3v) is 4.78. The number of nitrogens with one attached hydrogen (secondary N) is 1. The Bertz CT molecular complexity index is 755. The van der Waals surface area contributed by atoms with E-state index in [4.69, 9.17) is 0 Å². The summed E-state index contributed by atoms with van der Waals surface area (Å²) in [5, 5.41) is 7.70. The molecule has 1 aliphatic rings. The lowest BCUT2D eigenvalue weighted by molar-refractivity contribution is 0.0732. The highest BCUT2D eigenvalue weighted by atomic mass is 19.1. The second kappa shape index (κ2) is 7.31. The van der Waals surface area contributed by atoms with Crippen molar-refractivity contribution >= 4 is 5.91 Å². The van der Waals surface area contributed by atoms with E-state index in [0.717, 1.165) is 44.1 Å². The Morgan fingerprint density at radius 2 is 2.20 bits per heavy atom. The lowest BCUT2D eigenvalue weighted by atomic mass is 10.1. The molecule has 0 saturated carbocycles. The van der Waals surface area contributed by atoms with E-state index in [1.54, 1.807) is 30.9 Å². The Hall–Kier alpha value is -2.28. The molecule has 1 saturated heterocycles. The molecule has 1 aromatic heterocycles. The Morgan fingerprint density at radius 1 is 1.40 bits per heavy atom. The summed E-state index contributed by atoms with van der Waals surface area (Å²) in [7, 11) is 1.57. The number of benzene rings is 1. The van der Waals surface area contributed by atoms with E-state index in [1.807, 2.05) is 0 Å². The van der Waals surface area contributed by atoms with Crippen molar-refractivity contribution in [2.45, 2.75) is 31.8 Å². The van der Waals surface area contributed by atoms with E-state index in [-0.39, 0.29) is 17.5 Å². The molecule has 25 heavy (non-hydrogen) atoms. The van der Waals surface area contributed by atoms with Crippen LogP contribution >= 0.6 is 0 Å². The van der Waals surface area contributed by atoms with Gasteiger partial charge in [-0.05, 0) is 50.6 Å². The second-order valence-corrected chi connectivity index (χ2v) is 6.44. The molecule has 1 amide bonds. The molecule has 3 rings (SSSR count). The number of aromatic nitrogens is 2. The fourth-order valence-electron chi connectivity index (χ4n) is 3.11. The van der Waals surface area contributed by atoms with Crippen LogP contribution in [0.25, 0.3) is 0 Å². The van der Waals surface area contributed by atoms with Gasteiger partial charge < -0.3 is 10.2 Å². The van der Waals surface area contributed by atoms with Crippen LogP contribution < -0.4 is 5.32 Å². The Balaban J connectivity index is 1.75. The van der Waals surface area contributed by atoms with E-state index >= 15 is 0 Å². The molecular formula is C18H22F2N4O. The van der Waals surface area contributed by atoms with Crippen molar-refractivity contribution in [3.05, 3.63) is 53.4 Å². The molecule has 2 unspecified atom stereocenters. The molecule has 2 atom stereocenters. The van der Waals surface area contributed by atoms with Crippen LogP contribution in [0.15, 0.2) is 30.5 Å². The minimum Gasteiger partial charge on any atom is -0.333 e. The molecule has 2 aromatic rings. The molecule has 0 spiro atoms. The van der Waals surface area contributed by atoms with Crippen molar-refractivity contribution in [1.82, 2.24) is 20.0 Å². The number of hydrogen-bond donors (Lipinski definition) is 1. The van der Waals surface area contributed by atoms with E-state index < -0.39 is 17.7 Å². The molecule has 1 aliphatic heterocycles. The maximum absolute atomic E-state index is 14.0. The molecule has 7 heteroatoms.